The van der Waals surface area contributed by atoms with Crippen LogP contribution in [0.25, 0.3) is 0 Å². The van der Waals surface area contributed by atoms with Crippen molar-refractivity contribution >= 4 is 5.91 Å². The summed E-state index contributed by atoms with van der Waals surface area (Å²) in [6, 6.07) is 0. The Labute approximate surface area is 118 Å². The Morgan fingerprint density at radius 2 is 1.95 bits per heavy atom. The van der Waals surface area contributed by atoms with Crippen LogP contribution in [0.4, 0.5) is 0 Å². The van der Waals surface area contributed by atoms with Crippen molar-refractivity contribution in [2.24, 2.45) is 23.0 Å². The molecule has 0 heterocycles. The van der Waals surface area contributed by atoms with Crippen LogP contribution in [-0.2, 0) is 4.79 Å². The summed E-state index contributed by atoms with van der Waals surface area (Å²) in [6.07, 6.45) is 7.39. The highest BCUT2D eigenvalue weighted by atomic mass is 16.2. The van der Waals surface area contributed by atoms with Gasteiger partial charge in [-0.1, -0.05) is 46.5 Å². The first-order valence-corrected chi connectivity index (χ1v) is 7.84. The summed E-state index contributed by atoms with van der Waals surface area (Å²) in [6.45, 7) is 7.75. The summed E-state index contributed by atoms with van der Waals surface area (Å²) in [4.78, 5) is 14.4. The van der Waals surface area contributed by atoms with Crippen molar-refractivity contribution in [2.45, 2.75) is 59.3 Å². The molecule has 3 nitrogen and oxygen atoms in total. The van der Waals surface area contributed by atoms with E-state index in [1.807, 2.05) is 11.9 Å². The van der Waals surface area contributed by atoms with E-state index in [1.165, 1.54) is 25.7 Å². The molecule has 0 bridgehead atoms. The number of rotatable bonds is 7. The van der Waals surface area contributed by atoms with Crippen LogP contribution in [0.2, 0.25) is 0 Å². The number of carbonyl (C=O) groups excluding carboxylic acids is 1. The smallest absolute Gasteiger partial charge is 0.225 e. The molecule has 0 aromatic heterocycles. The maximum atomic E-state index is 12.5. The molecule has 1 atom stereocenters. The molecule has 1 fully saturated rings. The molecule has 0 aromatic carbocycles. The summed E-state index contributed by atoms with van der Waals surface area (Å²) in [7, 11) is 1.93. The van der Waals surface area contributed by atoms with E-state index in [1.54, 1.807) is 0 Å². The zero-order valence-electron chi connectivity index (χ0n) is 13.2. The molecule has 19 heavy (non-hydrogen) atoms. The highest BCUT2D eigenvalue weighted by Crippen LogP contribution is 2.32. The van der Waals surface area contributed by atoms with Crippen LogP contribution >= 0.6 is 0 Å². The Kier molecular flexibility index (Phi) is 6.31. The minimum atomic E-state index is 0.00998. The van der Waals surface area contributed by atoms with Crippen LogP contribution in [0, 0.1) is 17.3 Å². The average molecular weight is 268 g/mol. The lowest BCUT2D eigenvalue weighted by molar-refractivity contribution is -0.136. The number of amides is 1. The molecule has 1 unspecified atom stereocenters. The SMILES string of the molecule is CCC(CC1CCCC1)C(=O)N(C)CC(C)(C)CN. The number of carbonyl (C=O) groups is 1. The molecule has 1 saturated carbocycles. The third kappa shape index (κ3) is 5.13. The van der Waals surface area contributed by atoms with Gasteiger partial charge in [-0.2, -0.15) is 0 Å². The molecular weight excluding hydrogens is 236 g/mol. The Balaban J connectivity index is 2.51. The highest BCUT2D eigenvalue weighted by Gasteiger charge is 2.28. The van der Waals surface area contributed by atoms with E-state index in [0.717, 1.165) is 25.3 Å². The second kappa shape index (κ2) is 7.28. The quantitative estimate of drug-likeness (QED) is 0.771. The molecule has 1 aliphatic rings. The van der Waals surface area contributed by atoms with E-state index in [9.17, 15) is 4.79 Å². The first-order valence-electron chi connectivity index (χ1n) is 7.84. The van der Waals surface area contributed by atoms with Gasteiger partial charge in [0.25, 0.3) is 0 Å². The average Bonchev–Trinajstić information content (AvgIpc) is 2.87. The summed E-state index contributed by atoms with van der Waals surface area (Å²) < 4.78 is 0. The topological polar surface area (TPSA) is 46.3 Å². The highest BCUT2D eigenvalue weighted by molar-refractivity contribution is 5.78. The molecule has 2 N–H and O–H groups in total. The predicted octanol–water partition coefficient (Wildman–Crippen LogP) is 3.04. The largest absolute Gasteiger partial charge is 0.345 e. The normalized spacial score (nSPS) is 18.6. The van der Waals surface area contributed by atoms with Crippen LogP contribution in [0.1, 0.15) is 59.3 Å². The van der Waals surface area contributed by atoms with Crippen molar-refractivity contribution < 1.29 is 4.79 Å². The number of hydrogen-bond acceptors (Lipinski definition) is 2. The lowest BCUT2D eigenvalue weighted by atomic mass is 9.89. The van der Waals surface area contributed by atoms with Gasteiger partial charge in [0.05, 0.1) is 0 Å². The van der Waals surface area contributed by atoms with Gasteiger partial charge >= 0.3 is 0 Å². The van der Waals surface area contributed by atoms with E-state index < -0.39 is 0 Å². The molecule has 3 heteroatoms. The number of hydrogen-bond donors (Lipinski definition) is 1. The van der Waals surface area contributed by atoms with Crippen molar-refractivity contribution in [2.75, 3.05) is 20.1 Å². The summed E-state index contributed by atoms with van der Waals surface area (Å²) in [5, 5.41) is 0. The van der Waals surface area contributed by atoms with Crippen molar-refractivity contribution in [3.63, 3.8) is 0 Å². The van der Waals surface area contributed by atoms with Crippen molar-refractivity contribution in [3.8, 4) is 0 Å². The lowest BCUT2D eigenvalue weighted by Gasteiger charge is -2.32. The molecule has 0 saturated heterocycles. The van der Waals surface area contributed by atoms with E-state index in [-0.39, 0.29) is 11.3 Å². The van der Waals surface area contributed by atoms with Gasteiger partial charge in [-0.05, 0) is 30.7 Å². The second-order valence-corrected chi connectivity index (χ2v) is 7.05. The molecule has 1 aliphatic carbocycles. The third-order valence-electron chi connectivity index (χ3n) is 4.53. The van der Waals surface area contributed by atoms with Crippen LogP contribution in [0.5, 0.6) is 0 Å². The van der Waals surface area contributed by atoms with Crippen LogP contribution in [0.15, 0.2) is 0 Å². The van der Waals surface area contributed by atoms with Crippen molar-refractivity contribution in [3.05, 3.63) is 0 Å². The molecule has 112 valence electrons. The third-order valence-corrected chi connectivity index (χ3v) is 4.53. The number of nitrogens with zero attached hydrogens (tertiary/aromatic N) is 1. The van der Waals surface area contributed by atoms with Gasteiger partial charge in [-0.25, -0.2) is 0 Å². The van der Waals surface area contributed by atoms with E-state index in [4.69, 9.17) is 5.73 Å². The Morgan fingerprint density at radius 1 is 1.37 bits per heavy atom. The molecule has 1 rings (SSSR count). The summed E-state index contributed by atoms with van der Waals surface area (Å²) in [5.41, 5.74) is 5.77. The molecule has 0 aromatic rings. The lowest BCUT2D eigenvalue weighted by Crippen LogP contribution is -2.42. The minimum absolute atomic E-state index is 0.00998. The fraction of sp³-hybridized carbons (Fsp3) is 0.938. The van der Waals surface area contributed by atoms with E-state index in [0.29, 0.717) is 12.5 Å². The van der Waals surface area contributed by atoms with Gasteiger partial charge in [-0.15, -0.1) is 0 Å². The van der Waals surface area contributed by atoms with Gasteiger partial charge in [-0.3, -0.25) is 4.79 Å². The Hall–Kier alpha value is -0.570. The molecular formula is C16H32N2O. The van der Waals surface area contributed by atoms with E-state index >= 15 is 0 Å². The zero-order valence-corrected chi connectivity index (χ0v) is 13.2. The van der Waals surface area contributed by atoms with Gasteiger partial charge in [0.15, 0.2) is 0 Å². The zero-order chi connectivity index (χ0) is 14.5. The van der Waals surface area contributed by atoms with Gasteiger partial charge in [0.2, 0.25) is 5.91 Å². The Bertz CT molecular complexity index is 282. The van der Waals surface area contributed by atoms with Gasteiger partial charge in [0, 0.05) is 19.5 Å². The Morgan fingerprint density at radius 3 is 2.42 bits per heavy atom. The molecule has 0 radical (unpaired) electrons. The van der Waals surface area contributed by atoms with Crippen LogP contribution in [-0.4, -0.2) is 30.9 Å². The first kappa shape index (κ1) is 16.5. The van der Waals surface area contributed by atoms with E-state index in [2.05, 4.69) is 20.8 Å². The van der Waals surface area contributed by atoms with Crippen LogP contribution in [0.3, 0.4) is 0 Å². The van der Waals surface area contributed by atoms with Crippen molar-refractivity contribution in [1.29, 1.82) is 0 Å². The second-order valence-electron chi connectivity index (χ2n) is 7.05. The minimum Gasteiger partial charge on any atom is -0.345 e. The number of nitrogens with two attached hydrogens (primary N) is 1. The molecule has 0 spiro atoms. The summed E-state index contributed by atoms with van der Waals surface area (Å²) >= 11 is 0. The molecule has 0 aliphatic heterocycles. The van der Waals surface area contributed by atoms with Gasteiger partial charge < -0.3 is 10.6 Å². The van der Waals surface area contributed by atoms with Crippen LogP contribution < -0.4 is 5.73 Å². The maximum absolute atomic E-state index is 12.5. The predicted molar refractivity (Wildman–Crippen MR) is 80.8 cm³/mol. The van der Waals surface area contributed by atoms with Gasteiger partial charge in [0.1, 0.15) is 0 Å². The fourth-order valence-corrected chi connectivity index (χ4v) is 3.19. The van der Waals surface area contributed by atoms with Crippen molar-refractivity contribution in [1.82, 2.24) is 4.90 Å². The fourth-order valence-electron chi connectivity index (χ4n) is 3.19. The molecule has 1 amide bonds. The monoisotopic (exact) mass is 268 g/mol. The summed E-state index contributed by atoms with van der Waals surface area (Å²) in [5.74, 6) is 1.31. The maximum Gasteiger partial charge on any atom is 0.225 e. The standard InChI is InChI=1S/C16H32N2O/c1-5-14(10-13-8-6-7-9-13)15(19)18(4)12-16(2,3)11-17/h13-14H,5-12,17H2,1-4H3. The first-order chi connectivity index (χ1) is 8.89.